The van der Waals surface area contributed by atoms with Crippen LogP contribution in [0.25, 0.3) is 32.9 Å². The van der Waals surface area contributed by atoms with Gasteiger partial charge in [0.25, 0.3) is 5.56 Å². The summed E-state index contributed by atoms with van der Waals surface area (Å²) in [6.45, 7) is 2.07. The van der Waals surface area contributed by atoms with Gasteiger partial charge in [-0.05, 0) is 29.5 Å². The minimum Gasteiger partial charge on any atom is -0.368 e. The molecular formula is C21H20FN5OS. The van der Waals surface area contributed by atoms with Gasteiger partial charge in [0.05, 0.1) is 5.69 Å². The highest BCUT2D eigenvalue weighted by Crippen LogP contribution is 2.34. The van der Waals surface area contributed by atoms with Crippen LogP contribution in [0.4, 0.5) is 16.0 Å². The van der Waals surface area contributed by atoms with Gasteiger partial charge in [-0.25, -0.2) is 9.37 Å². The summed E-state index contributed by atoms with van der Waals surface area (Å²) in [6, 6.07) is 10.4. The third-order valence-electron chi connectivity index (χ3n) is 4.75. The first-order valence-electron chi connectivity index (χ1n) is 9.23. The Morgan fingerprint density at radius 3 is 2.83 bits per heavy atom. The molecule has 4 aromatic rings. The number of aryl methyl sites for hydroxylation is 1. The van der Waals surface area contributed by atoms with Crippen molar-refractivity contribution in [1.82, 2.24) is 14.5 Å². The largest absolute Gasteiger partial charge is 0.368 e. The normalized spacial score (nSPS) is 11.3. The molecule has 0 aliphatic carbocycles. The van der Waals surface area contributed by atoms with Crippen LogP contribution in [0.3, 0.4) is 0 Å². The fourth-order valence-electron chi connectivity index (χ4n) is 3.35. The molecule has 0 radical (unpaired) electrons. The zero-order chi connectivity index (χ0) is 20.5. The molecule has 0 saturated heterocycles. The van der Waals surface area contributed by atoms with Crippen LogP contribution in [0, 0.1) is 5.82 Å². The molecule has 3 N–H and O–H groups in total. The van der Waals surface area contributed by atoms with Crippen LogP contribution in [0.1, 0.15) is 13.3 Å². The topological polar surface area (TPSA) is 85.8 Å². The van der Waals surface area contributed by atoms with E-state index in [0.29, 0.717) is 22.3 Å². The lowest BCUT2D eigenvalue weighted by Crippen LogP contribution is -2.20. The third kappa shape index (κ3) is 3.40. The van der Waals surface area contributed by atoms with Crippen molar-refractivity contribution in [2.45, 2.75) is 13.3 Å². The Labute approximate surface area is 171 Å². The molecule has 0 amide bonds. The van der Waals surface area contributed by atoms with E-state index in [1.54, 1.807) is 25.4 Å². The standard InChI is InChI=1S/C21H20FN5OS/c1-3-9-29-26-18-15-6-4-5-13(14(15)7-8-17(18)22)16-10-12-11-24-21(23)25-19(12)27(2)20(16)28/h4-8,10-11,26H,3,9H2,1-2H3,(H2,23,24,25). The molecule has 2 aromatic carbocycles. The van der Waals surface area contributed by atoms with Gasteiger partial charge >= 0.3 is 0 Å². The van der Waals surface area contributed by atoms with E-state index in [0.717, 1.165) is 28.5 Å². The van der Waals surface area contributed by atoms with Crippen molar-refractivity contribution in [1.29, 1.82) is 0 Å². The fraction of sp³-hybridized carbons (Fsp3) is 0.190. The number of hydrogen-bond acceptors (Lipinski definition) is 6. The summed E-state index contributed by atoms with van der Waals surface area (Å²) in [5, 5.41) is 2.22. The summed E-state index contributed by atoms with van der Waals surface area (Å²) in [4.78, 5) is 21.3. The zero-order valence-corrected chi connectivity index (χ0v) is 16.9. The SMILES string of the molecule is CCCSNc1c(F)ccc2c(-c3cc4cnc(N)nc4n(C)c3=O)cccc12. The molecule has 0 aliphatic rings. The molecule has 4 rings (SSSR count). The lowest BCUT2D eigenvalue weighted by atomic mass is 9.97. The number of pyridine rings is 1. The number of nitrogens with zero attached hydrogens (tertiary/aromatic N) is 3. The van der Waals surface area contributed by atoms with Gasteiger partial charge in [0.2, 0.25) is 5.95 Å². The average Bonchev–Trinajstić information content (AvgIpc) is 2.72. The molecule has 0 atom stereocenters. The number of nitrogens with two attached hydrogens (primary N) is 1. The molecule has 0 unspecified atom stereocenters. The Balaban J connectivity index is 1.95. The second-order valence-electron chi connectivity index (χ2n) is 6.70. The van der Waals surface area contributed by atoms with Crippen LogP contribution < -0.4 is 16.0 Å². The Morgan fingerprint density at radius 2 is 2.03 bits per heavy atom. The molecular weight excluding hydrogens is 389 g/mol. The molecule has 0 bridgehead atoms. The van der Waals surface area contributed by atoms with Gasteiger partial charge in [-0.15, -0.1) is 0 Å². The Hall–Kier alpha value is -3.13. The maximum Gasteiger partial charge on any atom is 0.259 e. The number of anilines is 2. The van der Waals surface area contributed by atoms with E-state index >= 15 is 0 Å². The van der Waals surface area contributed by atoms with Crippen molar-refractivity contribution in [3.05, 3.63) is 58.8 Å². The summed E-state index contributed by atoms with van der Waals surface area (Å²) >= 11 is 1.46. The van der Waals surface area contributed by atoms with Crippen LogP contribution in [-0.4, -0.2) is 20.3 Å². The van der Waals surface area contributed by atoms with Crippen molar-refractivity contribution < 1.29 is 4.39 Å². The second kappa shape index (κ2) is 7.71. The van der Waals surface area contributed by atoms with Crippen molar-refractivity contribution in [2.24, 2.45) is 7.05 Å². The molecule has 2 heterocycles. The third-order valence-corrected chi connectivity index (χ3v) is 5.71. The lowest BCUT2D eigenvalue weighted by Gasteiger charge is -2.14. The number of nitrogens with one attached hydrogen (secondary N) is 1. The van der Waals surface area contributed by atoms with Crippen molar-refractivity contribution in [2.75, 3.05) is 16.2 Å². The van der Waals surface area contributed by atoms with E-state index in [-0.39, 0.29) is 17.3 Å². The van der Waals surface area contributed by atoms with E-state index in [2.05, 4.69) is 21.6 Å². The van der Waals surface area contributed by atoms with Crippen LogP contribution in [0.15, 0.2) is 47.4 Å². The maximum absolute atomic E-state index is 14.5. The number of nitrogen functional groups attached to an aromatic ring is 1. The molecule has 0 spiro atoms. The first-order valence-corrected chi connectivity index (χ1v) is 10.2. The van der Waals surface area contributed by atoms with Gasteiger partial charge in [-0.2, -0.15) is 4.98 Å². The number of hydrogen-bond donors (Lipinski definition) is 2. The van der Waals surface area contributed by atoms with E-state index in [4.69, 9.17) is 5.73 Å². The van der Waals surface area contributed by atoms with E-state index < -0.39 is 0 Å². The Kier molecular flexibility index (Phi) is 5.10. The highest BCUT2D eigenvalue weighted by Gasteiger charge is 2.15. The number of aromatic nitrogens is 3. The summed E-state index contributed by atoms with van der Waals surface area (Å²) in [7, 11) is 1.65. The summed E-state index contributed by atoms with van der Waals surface area (Å²) < 4.78 is 19.1. The molecule has 6 nitrogen and oxygen atoms in total. The van der Waals surface area contributed by atoms with Gasteiger partial charge in [-0.3, -0.25) is 9.36 Å². The quantitative estimate of drug-likeness (QED) is 0.377. The van der Waals surface area contributed by atoms with Gasteiger partial charge in [0.15, 0.2) is 0 Å². The van der Waals surface area contributed by atoms with Crippen molar-refractivity contribution in [3.8, 4) is 11.1 Å². The predicted octanol–water partition coefficient (Wildman–Crippen LogP) is 4.34. The molecule has 0 aliphatic heterocycles. The van der Waals surface area contributed by atoms with Crippen LogP contribution >= 0.6 is 11.9 Å². The fourth-order valence-corrected chi connectivity index (χ4v) is 4.01. The van der Waals surface area contributed by atoms with Crippen LogP contribution in [0.2, 0.25) is 0 Å². The van der Waals surface area contributed by atoms with E-state index in [9.17, 15) is 9.18 Å². The van der Waals surface area contributed by atoms with Gasteiger partial charge in [-0.1, -0.05) is 43.1 Å². The molecule has 148 valence electrons. The molecule has 29 heavy (non-hydrogen) atoms. The minimum atomic E-state index is -0.325. The lowest BCUT2D eigenvalue weighted by molar-refractivity contribution is 0.634. The second-order valence-corrected chi connectivity index (χ2v) is 7.60. The predicted molar refractivity (Wildman–Crippen MR) is 118 cm³/mol. The van der Waals surface area contributed by atoms with Gasteiger partial charge < -0.3 is 10.5 Å². The maximum atomic E-state index is 14.5. The molecule has 8 heteroatoms. The molecule has 2 aromatic heterocycles. The van der Waals surface area contributed by atoms with Crippen LogP contribution in [-0.2, 0) is 7.05 Å². The highest BCUT2D eigenvalue weighted by molar-refractivity contribution is 8.00. The first kappa shape index (κ1) is 19.2. The van der Waals surface area contributed by atoms with Gasteiger partial charge in [0.1, 0.15) is 11.5 Å². The summed E-state index contributed by atoms with van der Waals surface area (Å²) in [5.41, 5.74) is 7.58. The average molecular weight is 409 g/mol. The van der Waals surface area contributed by atoms with E-state index in [1.807, 2.05) is 18.2 Å². The van der Waals surface area contributed by atoms with Crippen LogP contribution in [0.5, 0.6) is 0 Å². The summed E-state index contributed by atoms with van der Waals surface area (Å²) in [6.07, 6.45) is 2.58. The monoisotopic (exact) mass is 409 g/mol. The smallest absolute Gasteiger partial charge is 0.259 e. The molecule has 0 saturated carbocycles. The number of benzene rings is 2. The Morgan fingerprint density at radius 1 is 1.21 bits per heavy atom. The van der Waals surface area contributed by atoms with Crippen molar-refractivity contribution >= 4 is 45.4 Å². The number of halogens is 1. The number of rotatable bonds is 5. The highest BCUT2D eigenvalue weighted by atomic mass is 32.2. The van der Waals surface area contributed by atoms with Gasteiger partial charge in [0, 0.05) is 35.3 Å². The minimum absolute atomic E-state index is 0.112. The number of fused-ring (bicyclic) bond motifs is 2. The first-order chi connectivity index (χ1) is 14.0. The zero-order valence-electron chi connectivity index (χ0n) is 16.1. The summed E-state index contributed by atoms with van der Waals surface area (Å²) in [5.74, 6) is 0.652. The van der Waals surface area contributed by atoms with Crippen molar-refractivity contribution in [3.63, 3.8) is 0 Å². The Bertz CT molecular complexity index is 1290. The van der Waals surface area contributed by atoms with E-state index in [1.165, 1.54) is 22.6 Å². The molecule has 0 fully saturated rings.